The van der Waals surface area contributed by atoms with E-state index in [-0.39, 0.29) is 5.82 Å². The molecule has 0 bridgehead atoms. The third kappa shape index (κ3) is 2.90. The first-order valence-electron chi connectivity index (χ1n) is 7.20. The fourth-order valence-electron chi connectivity index (χ4n) is 3.13. The van der Waals surface area contributed by atoms with Gasteiger partial charge in [-0.2, -0.15) is 0 Å². The third-order valence-corrected chi connectivity index (χ3v) is 3.88. The van der Waals surface area contributed by atoms with Crippen molar-refractivity contribution in [2.75, 3.05) is 19.6 Å². The lowest BCUT2D eigenvalue weighted by Crippen LogP contribution is -3.15. The molecule has 0 spiro atoms. The molecule has 18 heavy (non-hydrogen) atoms. The molecule has 0 saturated carbocycles. The summed E-state index contributed by atoms with van der Waals surface area (Å²) < 4.78 is 13.3. The van der Waals surface area contributed by atoms with Crippen LogP contribution in [-0.2, 0) is 6.54 Å². The van der Waals surface area contributed by atoms with Crippen LogP contribution in [0.2, 0.25) is 0 Å². The second kappa shape index (κ2) is 6.30. The minimum Gasteiger partial charge on any atom is -0.337 e. The topological polar surface area (TPSA) is 21.1 Å². The molecule has 0 radical (unpaired) electrons. The van der Waals surface area contributed by atoms with Crippen molar-refractivity contribution in [3.63, 3.8) is 0 Å². The Morgan fingerprint density at radius 2 is 2.00 bits per heavy atom. The lowest BCUT2D eigenvalue weighted by Gasteiger charge is -2.31. The summed E-state index contributed by atoms with van der Waals surface area (Å²) in [6.07, 6.45) is 2.42. The zero-order valence-electron chi connectivity index (χ0n) is 11.5. The van der Waals surface area contributed by atoms with E-state index in [2.05, 4.69) is 19.2 Å². The van der Waals surface area contributed by atoms with Gasteiger partial charge in [-0.1, -0.05) is 13.8 Å². The normalized spacial score (nSPS) is 19.0. The summed E-state index contributed by atoms with van der Waals surface area (Å²) in [4.78, 5) is 1.66. The molecule has 1 aliphatic rings. The molecule has 100 valence electrons. The first-order valence-corrected chi connectivity index (χ1v) is 7.20. The minimum absolute atomic E-state index is 0.102. The molecule has 0 aliphatic carbocycles. The Kier molecular flexibility index (Phi) is 4.72. The van der Waals surface area contributed by atoms with Crippen molar-refractivity contribution in [2.24, 2.45) is 0 Å². The highest BCUT2D eigenvalue weighted by Crippen LogP contribution is 2.18. The van der Waals surface area contributed by atoms with E-state index in [0.29, 0.717) is 6.04 Å². The summed E-state index contributed by atoms with van der Waals surface area (Å²) >= 11 is 0. The van der Waals surface area contributed by atoms with Gasteiger partial charge in [-0.25, -0.2) is 4.39 Å². The zero-order valence-corrected chi connectivity index (χ0v) is 11.5. The highest BCUT2D eigenvalue weighted by atomic mass is 19.1. The average molecular weight is 252 g/mol. The predicted molar refractivity (Wildman–Crippen MR) is 70.9 cm³/mol. The first-order chi connectivity index (χ1) is 8.76. The third-order valence-electron chi connectivity index (χ3n) is 3.88. The van der Waals surface area contributed by atoms with Crippen LogP contribution >= 0.6 is 0 Å². The molecule has 0 amide bonds. The van der Waals surface area contributed by atoms with Crippen molar-refractivity contribution in [1.29, 1.82) is 0 Å². The van der Waals surface area contributed by atoms with Crippen molar-refractivity contribution < 1.29 is 14.6 Å². The second-order valence-electron chi connectivity index (χ2n) is 5.28. The first kappa shape index (κ1) is 13.5. The highest BCUT2D eigenvalue weighted by Gasteiger charge is 2.30. The molecule has 1 aliphatic heterocycles. The van der Waals surface area contributed by atoms with E-state index < -0.39 is 0 Å². The molecule has 1 heterocycles. The van der Waals surface area contributed by atoms with E-state index in [1.54, 1.807) is 17.0 Å². The SMILES string of the molecule is CCC[NH+](CCC)[C@H]1C[NH2+]Cc2cc(F)ccc21. The van der Waals surface area contributed by atoms with Crippen LogP contribution < -0.4 is 10.2 Å². The van der Waals surface area contributed by atoms with Crippen LogP contribution in [0.25, 0.3) is 0 Å². The van der Waals surface area contributed by atoms with Gasteiger partial charge in [0.2, 0.25) is 0 Å². The molecule has 3 N–H and O–H groups in total. The monoisotopic (exact) mass is 252 g/mol. The molecule has 1 atom stereocenters. The smallest absolute Gasteiger partial charge is 0.163 e. The maximum absolute atomic E-state index is 13.3. The van der Waals surface area contributed by atoms with E-state index in [4.69, 9.17) is 0 Å². The fourth-order valence-corrected chi connectivity index (χ4v) is 3.13. The van der Waals surface area contributed by atoms with Gasteiger partial charge in [-0.05, 0) is 31.0 Å². The highest BCUT2D eigenvalue weighted by molar-refractivity contribution is 5.30. The van der Waals surface area contributed by atoms with Crippen LogP contribution in [-0.4, -0.2) is 19.6 Å². The van der Waals surface area contributed by atoms with Gasteiger partial charge in [0, 0.05) is 11.1 Å². The van der Waals surface area contributed by atoms with Crippen molar-refractivity contribution in [3.8, 4) is 0 Å². The van der Waals surface area contributed by atoms with Gasteiger partial charge in [0.1, 0.15) is 18.9 Å². The van der Waals surface area contributed by atoms with E-state index in [9.17, 15) is 4.39 Å². The van der Waals surface area contributed by atoms with Gasteiger partial charge in [0.15, 0.2) is 6.04 Å². The minimum atomic E-state index is -0.102. The molecule has 0 aromatic heterocycles. The van der Waals surface area contributed by atoms with E-state index in [0.717, 1.165) is 13.1 Å². The van der Waals surface area contributed by atoms with Crippen LogP contribution in [0.3, 0.4) is 0 Å². The molecular weight excluding hydrogens is 227 g/mol. The maximum atomic E-state index is 13.3. The van der Waals surface area contributed by atoms with Gasteiger partial charge in [0.05, 0.1) is 13.1 Å². The maximum Gasteiger partial charge on any atom is 0.163 e. The number of nitrogens with two attached hydrogens (primary N) is 1. The van der Waals surface area contributed by atoms with Crippen molar-refractivity contribution in [2.45, 2.75) is 39.3 Å². The molecule has 2 rings (SSSR count). The Morgan fingerprint density at radius 1 is 1.28 bits per heavy atom. The summed E-state index contributed by atoms with van der Waals surface area (Å²) in [6, 6.07) is 5.88. The average Bonchev–Trinajstić information content (AvgIpc) is 2.37. The second-order valence-corrected chi connectivity index (χ2v) is 5.28. The Labute approximate surface area is 109 Å². The lowest BCUT2D eigenvalue weighted by molar-refractivity contribution is -0.948. The fraction of sp³-hybridized carbons (Fsp3) is 0.600. The summed E-state index contributed by atoms with van der Waals surface area (Å²) in [5.74, 6) is -0.102. The molecular formula is C15H25FN2+2. The van der Waals surface area contributed by atoms with Gasteiger partial charge in [0.25, 0.3) is 0 Å². The molecule has 1 aromatic carbocycles. The molecule has 1 aromatic rings. The predicted octanol–water partition coefficient (Wildman–Crippen LogP) is 0.649. The molecule has 3 heteroatoms. The van der Waals surface area contributed by atoms with Crippen LogP contribution in [0.1, 0.15) is 43.9 Å². The van der Waals surface area contributed by atoms with Crippen molar-refractivity contribution in [1.82, 2.24) is 0 Å². The zero-order chi connectivity index (χ0) is 13.0. The number of rotatable bonds is 5. The Bertz CT molecular complexity index is 386. The Hall–Kier alpha value is -0.930. The van der Waals surface area contributed by atoms with E-state index in [1.165, 1.54) is 37.1 Å². The molecule has 0 unspecified atom stereocenters. The van der Waals surface area contributed by atoms with E-state index >= 15 is 0 Å². The van der Waals surface area contributed by atoms with Crippen molar-refractivity contribution >= 4 is 0 Å². The molecule has 0 fully saturated rings. The number of benzene rings is 1. The number of fused-ring (bicyclic) bond motifs is 1. The van der Waals surface area contributed by atoms with Crippen LogP contribution in [0.4, 0.5) is 4.39 Å². The number of halogens is 1. The van der Waals surface area contributed by atoms with E-state index in [1.807, 2.05) is 6.07 Å². The number of hydrogen-bond acceptors (Lipinski definition) is 0. The number of quaternary nitrogens is 2. The summed E-state index contributed by atoms with van der Waals surface area (Å²) in [7, 11) is 0. The summed E-state index contributed by atoms with van der Waals surface area (Å²) in [5.41, 5.74) is 2.56. The largest absolute Gasteiger partial charge is 0.337 e. The van der Waals surface area contributed by atoms with Crippen molar-refractivity contribution in [3.05, 3.63) is 35.1 Å². The van der Waals surface area contributed by atoms with Crippen LogP contribution in [0, 0.1) is 5.82 Å². The quantitative estimate of drug-likeness (QED) is 0.768. The molecule has 0 saturated heterocycles. The van der Waals surface area contributed by atoms with Gasteiger partial charge >= 0.3 is 0 Å². The Balaban J connectivity index is 2.24. The Morgan fingerprint density at radius 3 is 2.67 bits per heavy atom. The van der Waals surface area contributed by atoms with Crippen LogP contribution in [0.5, 0.6) is 0 Å². The van der Waals surface area contributed by atoms with Gasteiger partial charge < -0.3 is 10.2 Å². The number of hydrogen-bond donors (Lipinski definition) is 2. The molecule has 2 nitrogen and oxygen atoms in total. The summed E-state index contributed by atoms with van der Waals surface area (Å²) in [6.45, 7) is 8.97. The van der Waals surface area contributed by atoms with Gasteiger partial charge in [-0.15, -0.1) is 0 Å². The standard InChI is InChI=1S/C15H23FN2/c1-3-7-18(8-4-2)15-11-17-10-12-9-13(16)5-6-14(12)15/h5-6,9,15,17H,3-4,7-8,10-11H2,1-2H3/p+2/t15-/m0/s1. The summed E-state index contributed by atoms with van der Waals surface area (Å²) in [5, 5.41) is 2.32. The van der Waals surface area contributed by atoms with Gasteiger partial charge in [-0.3, -0.25) is 0 Å². The van der Waals surface area contributed by atoms with Crippen LogP contribution in [0.15, 0.2) is 18.2 Å². The number of nitrogens with one attached hydrogen (secondary N) is 1. The lowest BCUT2D eigenvalue weighted by atomic mass is 9.95.